The van der Waals surface area contributed by atoms with Crippen molar-refractivity contribution >= 4 is 19.8 Å². The van der Waals surface area contributed by atoms with Gasteiger partial charge < -0.3 is 27.9 Å². The number of likely N-dealkylation sites (N-methyl/N-ethyl adjacent to an activating group) is 1. The number of unbranched alkanes of at least 4 members (excludes halogenated alkanes) is 16. The Morgan fingerprint density at radius 3 is 0.952 bits per heavy atom. The SMILES string of the molecule is CC/C=C\C/C=C\C/C=C\C/C=C\C/C=C\C/C=C\C/C=C\C/C=C\C/C=C\CCCCCCCC(=O)OC(COC(=O)CCCCCCCCCCCCC/C=C\C/C=C\C/C=C\C/C=C\C/C=C\CC)COP(=O)([O-])OCC[N+](C)(C)C. The molecule has 0 saturated heterocycles. The maximum absolute atomic E-state index is 12.8. The molecule has 0 aromatic carbocycles. The lowest BCUT2D eigenvalue weighted by atomic mass is 10.0. The van der Waals surface area contributed by atoms with Crippen molar-refractivity contribution in [2.24, 2.45) is 0 Å². The molecule has 0 N–H and O–H groups in total. The van der Waals surface area contributed by atoms with E-state index in [1.165, 1.54) is 44.9 Å². The number of phosphoric ester groups is 1. The Morgan fingerprint density at radius 2 is 0.643 bits per heavy atom. The Balaban J connectivity index is 4.22. The van der Waals surface area contributed by atoms with E-state index in [0.717, 1.165) is 148 Å². The summed E-state index contributed by atoms with van der Waals surface area (Å²) in [6, 6.07) is 0. The van der Waals surface area contributed by atoms with E-state index in [-0.39, 0.29) is 26.1 Å². The maximum Gasteiger partial charge on any atom is 0.306 e. The van der Waals surface area contributed by atoms with Gasteiger partial charge in [-0.1, -0.05) is 261 Å². The van der Waals surface area contributed by atoms with Crippen LogP contribution in [0.5, 0.6) is 0 Å². The molecule has 0 amide bonds. The molecule has 0 aliphatic heterocycles. The lowest BCUT2D eigenvalue weighted by molar-refractivity contribution is -0.870. The predicted molar refractivity (Wildman–Crippen MR) is 360 cm³/mol. The molecule has 84 heavy (non-hydrogen) atoms. The van der Waals surface area contributed by atoms with Gasteiger partial charge in [0, 0.05) is 12.8 Å². The van der Waals surface area contributed by atoms with Crippen molar-refractivity contribution in [3.8, 4) is 0 Å². The number of phosphoric acid groups is 1. The third kappa shape index (κ3) is 66.5. The minimum Gasteiger partial charge on any atom is -0.756 e. The van der Waals surface area contributed by atoms with Crippen LogP contribution in [0.25, 0.3) is 0 Å². The summed E-state index contributed by atoms with van der Waals surface area (Å²) in [6.07, 6.45) is 95.5. The largest absolute Gasteiger partial charge is 0.756 e. The van der Waals surface area contributed by atoms with Crippen LogP contribution in [0.4, 0.5) is 0 Å². The molecular weight excluding hydrogens is 1060 g/mol. The molecule has 0 aliphatic rings. The van der Waals surface area contributed by atoms with Gasteiger partial charge in [0.1, 0.15) is 19.8 Å². The topological polar surface area (TPSA) is 111 Å². The van der Waals surface area contributed by atoms with Crippen molar-refractivity contribution in [3.63, 3.8) is 0 Å². The Morgan fingerprint density at radius 1 is 0.369 bits per heavy atom. The van der Waals surface area contributed by atoms with Gasteiger partial charge >= 0.3 is 11.9 Å². The fraction of sp³-hybridized carbons (Fsp3) is 0.595. The zero-order chi connectivity index (χ0) is 61.2. The highest BCUT2D eigenvalue weighted by Gasteiger charge is 2.22. The zero-order valence-electron chi connectivity index (χ0n) is 53.8. The van der Waals surface area contributed by atoms with E-state index in [1.807, 2.05) is 21.1 Å². The molecule has 474 valence electrons. The van der Waals surface area contributed by atoms with Crippen molar-refractivity contribution in [2.45, 2.75) is 238 Å². The number of nitrogens with zero attached hydrogens (tertiary/aromatic N) is 1. The average Bonchev–Trinajstić information content (AvgIpc) is 3.61. The average molecular weight is 1180 g/mol. The Labute approximate surface area is 515 Å². The fourth-order valence-corrected chi connectivity index (χ4v) is 8.99. The van der Waals surface area contributed by atoms with Crippen LogP contribution in [0, 0.1) is 0 Å². The molecule has 0 aromatic rings. The fourth-order valence-electron chi connectivity index (χ4n) is 8.26. The van der Waals surface area contributed by atoms with Crippen LogP contribution in [0.2, 0.25) is 0 Å². The van der Waals surface area contributed by atoms with Crippen LogP contribution in [-0.4, -0.2) is 70.0 Å². The van der Waals surface area contributed by atoms with E-state index in [0.29, 0.717) is 23.9 Å². The molecule has 0 heterocycles. The third-order valence-electron chi connectivity index (χ3n) is 13.2. The normalized spacial score (nSPS) is 14.3. The first-order valence-corrected chi connectivity index (χ1v) is 34.3. The minimum atomic E-state index is -4.66. The number of carbonyl (C=O) groups excluding carboxylic acids is 2. The number of rotatable bonds is 58. The van der Waals surface area contributed by atoms with Crippen LogP contribution < -0.4 is 4.89 Å². The number of esters is 2. The number of carbonyl (C=O) groups is 2. The van der Waals surface area contributed by atoms with Gasteiger partial charge in [-0.05, 0) is 128 Å². The van der Waals surface area contributed by atoms with E-state index in [2.05, 4.69) is 184 Å². The van der Waals surface area contributed by atoms with Gasteiger partial charge in [-0.15, -0.1) is 0 Å². The van der Waals surface area contributed by atoms with Crippen LogP contribution in [0.1, 0.15) is 232 Å². The molecule has 0 radical (unpaired) electrons. The van der Waals surface area contributed by atoms with E-state index in [9.17, 15) is 19.0 Å². The van der Waals surface area contributed by atoms with E-state index < -0.39 is 32.5 Å². The Bertz CT molecular complexity index is 2020. The highest BCUT2D eigenvalue weighted by molar-refractivity contribution is 7.45. The van der Waals surface area contributed by atoms with Gasteiger partial charge in [0.2, 0.25) is 0 Å². The summed E-state index contributed by atoms with van der Waals surface area (Å²) in [6.45, 7) is 3.97. The first-order chi connectivity index (χ1) is 41.0. The lowest BCUT2D eigenvalue weighted by Crippen LogP contribution is -2.37. The first kappa shape index (κ1) is 79.4. The molecule has 0 fully saturated rings. The molecule has 0 aliphatic carbocycles. The zero-order valence-corrected chi connectivity index (χ0v) is 54.7. The van der Waals surface area contributed by atoms with Crippen LogP contribution in [-0.2, 0) is 32.7 Å². The second-order valence-electron chi connectivity index (χ2n) is 22.4. The predicted octanol–water partition coefficient (Wildman–Crippen LogP) is 20.7. The van der Waals surface area contributed by atoms with Gasteiger partial charge in [-0.3, -0.25) is 14.2 Å². The van der Waals surface area contributed by atoms with Crippen LogP contribution in [0.3, 0.4) is 0 Å². The Hall–Kier alpha value is -4.63. The number of hydrogen-bond donors (Lipinski definition) is 0. The van der Waals surface area contributed by atoms with Crippen molar-refractivity contribution in [1.82, 2.24) is 0 Å². The second kappa shape index (κ2) is 62.9. The number of allylic oxidation sites excluding steroid dienone is 28. The summed E-state index contributed by atoms with van der Waals surface area (Å²) in [5.41, 5.74) is 0. The molecule has 9 nitrogen and oxygen atoms in total. The van der Waals surface area contributed by atoms with Crippen molar-refractivity contribution in [3.05, 3.63) is 170 Å². The summed E-state index contributed by atoms with van der Waals surface area (Å²) in [7, 11) is 1.13. The minimum absolute atomic E-state index is 0.0451. The molecule has 2 unspecified atom stereocenters. The van der Waals surface area contributed by atoms with E-state index in [1.54, 1.807) is 0 Å². The first-order valence-electron chi connectivity index (χ1n) is 32.8. The number of ether oxygens (including phenoxy) is 2. The number of hydrogen-bond acceptors (Lipinski definition) is 8. The van der Waals surface area contributed by atoms with Gasteiger partial charge in [0.15, 0.2) is 6.10 Å². The lowest BCUT2D eigenvalue weighted by Gasteiger charge is -2.28. The summed E-state index contributed by atoms with van der Waals surface area (Å²) in [4.78, 5) is 38.0. The summed E-state index contributed by atoms with van der Waals surface area (Å²) >= 11 is 0. The maximum atomic E-state index is 12.8. The molecule has 0 aromatic heterocycles. The summed E-state index contributed by atoms with van der Waals surface area (Å²) in [5, 5.41) is 0. The molecule has 0 bridgehead atoms. The van der Waals surface area contributed by atoms with Crippen molar-refractivity contribution in [1.29, 1.82) is 0 Å². The highest BCUT2D eigenvalue weighted by atomic mass is 31.2. The third-order valence-corrected chi connectivity index (χ3v) is 14.2. The summed E-state index contributed by atoms with van der Waals surface area (Å²) < 4.78 is 34.2. The molecule has 0 saturated carbocycles. The second-order valence-corrected chi connectivity index (χ2v) is 23.8. The monoisotopic (exact) mass is 1180 g/mol. The highest BCUT2D eigenvalue weighted by Crippen LogP contribution is 2.38. The van der Waals surface area contributed by atoms with Crippen LogP contribution in [0.15, 0.2) is 170 Å². The molecule has 0 rings (SSSR count). The smallest absolute Gasteiger partial charge is 0.306 e. The Kier molecular flexibility index (Phi) is 59.4. The molecule has 10 heteroatoms. The number of quaternary nitrogens is 1. The van der Waals surface area contributed by atoms with Crippen LogP contribution >= 0.6 is 7.82 Å². The molecular formula is C74H120NO8P. The summed E-state index contributed by atoms with van der Waals surface area (Å²) in [5.74, 6) is -0.871. The van der Waals surface area contributed by atoms with Gasteiger partial charge in [-0.2, -0.15) is 0 Å². The van der Waals surface area contributed by atoms with Gasteiger partial charge in [0.05, 0.1) is 27.7 Å². The van der Waals surface area contributed by atoms with Crippen molar-refractivity contribution < 1.29 is 42.1 Å². The quantitative estimate of drug-likeness (QED) is 0.0195. The molecule has 2 atom stereocenters. The van der Waals surface area contributed by atoms with E-state index in [4.69, 9.17) is 18.5 Å². The van der Waals surface area contributed by atoms with Gasteiger partial charge in [0.25, 0.3) is 7.82 Å². The van der Waals surface area contributed by atoms with Gasteiger partial charge in [-0.25, -0.2) is 0 Å². The standard InChI is InChI=1S/C74H120NO8P/c1-6-8-10-12-14-16-18-20-22-24-26-28-30-32-34-35-36-37-38-39-41-43-45-47-49-51-53-55-57-59-61-63-65-67-74(77)83-72(71-82-84(78,79)81-69-68-75(3,4)5)70-80-73(76)66-64-62-60-58-56-54-52-50-48-46-44-42-40-33-31-29-27-25-23-21-19-17-15-13-11-9-7-2/h8-11,14-17,20-23,26-29,32-34,36-37,39-41,45,47,51,53,72H,6-7,12-13,18-19,24-25,30-31,35,38,42-44,46,48-50,52,54-71H2,1-5H3/b10-8-,11-9-,16-14-,17-15-,22-20-,23-21-,28-26-,29-27-,34-32-,37-36-,40-33-,41-39-,47-45-,53-51-. The van der Waals surface area contributed by atoms with Crippen molar-refractivity contribution in [2.75, 3.05) is 47.5 Å². The molecule has 0 spiro atoms. The van der Waals surface area contributed by atoms with E-state index >= 15 is 0 Å².